The summed E-state index contributed by atoms with van der Waals surface area (Å²) < 4.78 is 5.93. The number of nitrogens with zero attached hydrogens (tertiary/aromatic N) is 1. The van der Waals surface area contributed by atoms with Crippen LogP contribution in [-0.4, -0.2) is 41.9 Å². The summed E-state index contributed by atoms with van der Waals surface area (Å²) in [4.78, 5) is 26.8. The zero-order valence-electron chi connectivity index (χ0n) is 17.5. The van der Waals surface area contributed by atoms with Gasteiger partial charge in [-0.1, -0.05) is 24.3 Å². The molecule has 0 saturated carbocycles. The molecule has 2 amide bonds. The molecule has 1 atom stereocenters. The largest absolute Gasteiger partial charge is 0.491 e. The Balaban J connectivity index is 1.55. The lowest BCUT2D eigenvalue weighted by Gasteiger charge is -2.25. The van der Waals surface area contributed by atoms with Gasteiger partial charge < -0.3 is 15.0 Å². The molecule has 2 aromatic rings. The summed E-state index contributed by atoms with van der Waals surface area (Å²) in [5.74, 6) is 0.783. The highest BCUT2D eigenvalue weighted by Gasteiger charge is 2.29. The number of benzene rings is 2. The van der Waals surface area contributed by atoms with Crippen molar-refractivity contribution >= 4 is 11.8 Å². The molecule has 5 nitrogen and oxygen atoms in total. The number of likely N-dealkylation sites (tertiary alicyclic amines) is 1. The number of carbonyl (C=O) groups is 2. The van der Waals surface area contributed by atoms with Crippen LogP contribution in [0.5, 0.6) is 5.75 Å². The Morgan fingerprint density at radius 2 is 1.86 bits per heavy atom. The Hall–Kier alpha value is -2.82. The molecular formula is C24H30N2O3. The zero-order valence-corrected chi connectivity index (χ0v) is 17.5. The van der Waals surface area contributed by atoms with Crippen LogP contribution in [0, 0.1) is 6.92 Å². The maximum absolute atomic E-state index is 12.8. The smallest absolute Gasteiger partial charge is 0.251 e. The zero-order chi connectivity index (χ0) is 20.8. The van der Waals surface area contributed by atoms with Gasteiger partial charge in [0.15, 0.2) is 0 Å². The van der Waals surface area contributed by atoms with E-state index in [0.717, 1.165) is 30.5 Å². The van der Waals surface area contributed by atoms with E-state index in [4.69, 9.17) is 4.74 Å². The number of aryl methyl sites for hydroxylation is 1. The Morgan fingerprint density at radius 3 is 2.55 bits per heavy atom. The van der Waals surface area contributed by atoms with Crippen molar-refractivity contribution in [2.45, 2.75) is 52.1 Å². The Kier molecular flexibility index (Phi) is 6.91. The molecule has 0 spiro atoms. The molecule has 2 aromatic carbocycles. The molecule has 29 heavy (non-hydrogen) atoms. The van der Waals surface area contributed by atoms with Crippen molar-refractivity contribution in [1.29, 1.82) is 0 Å². The molecule has 154 valence electrons. The molecule has 1 aliphatic heterocycles. The van der Waals surface area contributed by atoms with E-state index < -0.39 is 0 Å². The molecule has 0 radical (unpaired) electrons. The van der Waals surface area contributed by atoms with Crippen LogP contribution in [0.4, 0.5) is 0 Å². The molecule has 1 saturated heterocycles. The van der Waals surface area contributed by atoms with Gasteiger partial charge in [-0.25, -0.2) is 0 Å². The summed E-state index contributed by atoms with van der Waals surface area (Å²) in [6.07, 6.45) is 2.39. The van der Waals surface area contributed by atoms with Crippen LogP contribution < -0.4 is 10.1 Å². The maximum atomic E-state index is 12.8. The van der Waals surface area contributed by atoms with Crippen molar-refractivity contribution in [2.75, 3.05) is 13.2 Å². The fourth-order valence-corrected chi connectivity index (χ4v) is 3.65. The van der Waals surface area contributed by atoms with Crippen molar-refractivity contribution in [1.82, 2.24) is 10.2 Å². The van der Waals surface area contributed by atoms with Gasteiger partial charge in [0.2, 0.25) is 5.91 Å². The number of rotatable bonds is 7. The first-order valence-electron chi connectivity index (χ1n) is 10.3. The molecule has 3 rings (SSSR count). The monoisotopic (exact) mass is 394 g/mol. The molecule has 0 bridgehead atoms. The van der Waals surface area contributed by atoms with E-state index >= 15 is 0 Å². The average Bonchev–Trinajstić information content (AvgIpc) is 3.17. The van der Waals surface area contributed by atoms with Crippen molar-refractivity contribution in [2.24, 2.45) is 0 Å². The number of hydrogen-bond acceptors (Lipinski definition) is 3. The molecule has 1 aliphatic rings. The summed E-state index contributed by atoms with van der Waals surface area (Å²) in [5.41, 5.74) is 2.84. The third-order valence-electron chi connectivity index (χ3n) is 5.28. The topological polar surface area (TPSA) is 58.6 Å². The highest BCUT2D eigenvalue weighted by atomic mass is 16.5. The van der Waals surface area contributed by atoms with Gasteiger partial charge in [-0.3, -0.25) is 9.59 Å². The van der Waals surface area contributed by atoms with Crippen LogP contribution >= 0.6 is 0 Å². The van der Waals surface area contributed by atoms with Crippen LogP contribution in [0.15, 0.2) is 48.5 Å². The SMILES string of the molecule is Cc1ccccc1CC(=O)N1CCC[C@H]1COc1ccc(C(=O)NC(C)C)cc1. The van der Waals surface area contributed by atoms with Gasteiger partial charge in [0.1, 0.15) is 12.4 Å². The minimum Gasteiger partial charge on any atom is -0.491 e. The molecule has 5 heteroatoms. The van der Waals surface area contributed by atoms with E-state index in [2.05, 4.69) is 5.32 Å². The summed E-state index contributed by atoms with van der Waals surface area (Å²) >= 11 is 0. The fraction of sp³-hybridized carbons (Fsp3) is 0.417. The minimum absolute atomic E-state index is 0.0877. The summed E-state index contributed by atoms with van der Waals surface area (Å²) in [6.45, 7) is 7.16. The Morgan fingerprint density at radius 1 is 1.14 bits per heavy atom. The summed E-state index contributed by atoms with van der Waals surface area (Å²) in [5, 5.41) is 2.87. The number of amides is 2. The molecule has 1 N–H and O–H groups in total. The molecule has 0 unspecified atom stereocenters. The third kappa shape index (κ3) is 5.59. The predicted molar refractivity (Wildman–Crippen MR) is 114 cm³/mol. The quantitative estimate of drug-likeness (QED) is 0.778. The molecule has 0 aliphatic carbocycles. The van der Waals surface area contributed by atoms with E-state index in [0.29, 0.717) is 24.3 Å². The fourth-order valence-electron chi connectivity index (χ4n) is 3.65. The van der Waals surface area contributed by atoms with Gasteiger partial charge in [0, 0.05) is 18.2 Å². The van der Waals surface area contributed by atoms with E-state index in [1.165, 1.54) is 0 Å². The summed E-state index contributed by atoms with van der Waals surface area (Å²) in [6, 6.07) is 15.4. The van der Waals surface area contributed by atoms with Gasteiger partial charge >= 0.3 is 0 Å². The third-order valence-corrected chi connectivity index (χ3v) is 5.28. The lowest BCUT2D eigenvalue weighted by molar-refractivity contribution is -0.131. The van der Waals surface area contributed by atoms with Crippen molar-refractivity contribution in [3.05, 3.63) is 65.2 Å². The number of carbonyl (C=O) groups excluding carboxylic acids is 2. The Labute approximate surface area is 173 Å². The standard InChI is InChI=1S/C24H30N2O3/c1-17(2)25-24(28)19-10-12-22(13-11-19)29-16-21-9-6-14-26(21)23(27)15-20-8-5-4-7-18(20)3/h4-5,7-8,10-13,17,21H,6,9,14-16H2,1-3H3,(H,25,28)/t21-/m0/s1. The van der Waals surface area contributed by atoms with Crippen LogP contribution in [-0.2, 0) is 11.2 Å². The highest BCUT2D eigenvalue weighted by Crippen LogP contribution is 2.21. The van der Waals surface area contributed by atoms with Crippen molar-refractivity contribution in [3.8, 4) is 5.75 Å². The number of ether oxygens (including phenoxy) is 1. The molecular weight excluding hydrogens is 364 g/mol. The normalized spacial score (nSPS) is 16.1. The maximum Gasteiger partial charge on any atom is 0.251 e. The van der Waals surface area contributed by atoms with Gasteiger partial charge in [-0.05, 0) is 69.0 Å². The molecule has 0 aromatic heterocycles. The van der Waals surface area contributed by atoms with E-state index in [-0.39, 0.29) is 23.9 Å². The van der Waals surface area contributed by atoms with Crippen LogP contribution in [0.2, 0.25) is 0 Å². The predicted octanol–water partition coefficient (Wildman–Crippen LogP) is 3.75. The van der Waals surface area contributed by atoms with E-state index in [1.54, 1.807) is 12.1 Å². The second-order valence-corrected chi connectivity index (χ2v) is 7.95. The van der Waals surface area contributed by atoms with Gasteiger partial charge in [-0.2, -0.15) is 0 Å². The highest BCUT2D eigenvalue weighted by molar-refractivity contribution is 5.94. The average molecular weight is 395 g/mol. The van der Waals surface area contributed by atoms with Crippen LogP contribution in [0.25, 0.3) is 0 Å². The summed E-state index contributed by atoms with van der Waals surface area (Å²) in [7, 11) is 0. The number of hydrogen-bond donors (Lipinski definition) is 1. The second-order valence-electron chi connectivity index (χ2n) is 7.95. The minimum atomic E-state index is -0.0877. The first kappa shape index (κ1) is 20.9. The van der Waals surface area contributed by atoms with Crippen molar-refractivity contribution < 1.29 is 14.3 Å². The van der Waals surface area contributed by atoms with Gasteiger partial charge in [0.05, 0.1) is 12.5 Å². The Bertz CT molecular complexity index is 845. The van der Waals surface area contributed by atoms with Crippen LogP contribution in [0.3, 0.4) is 0 Å². The number of nitrogens with one attached hydrogen (secondary N) is 1. The molecule has 1 fully saturated rings. The van der Waals surface area contributed by atoms with Crippen molar-refractivity contribution in [3.63, 3.8) is 0 Å². The van der Waals surface area contributed by atoms with Gasteiger partial charge in [0.25, 0.3) is 5.91 Å². The lowest BCUT2D eigenvalue weighted by Crippen LogP contribution is -2.40. The lowest BCUT2D eigenvalue weighted by atomic mass is 10.1. The first-order valence-corrected chi connectivity index (χ1v) is 10.3. The second kappa shape index (κ2) is 9.59. The van der Waals surface area contributed by atoms with Crippen LogP contribution in [0.1, 0.15) is 48.2 Å². The molecule has 1 heterocycles. The van der Waals surface area contributed by atoms with E-state index in [9.17, 15) is 9.59 Å². The van der Waals surface area contributed by atoms with Gasteiger partial charge in [-0.15, -0.1) is 0 Å². The van der Waals surface area contributed by atoms with E-state index in [1.807, 2.05) is 62.1 Å². The first-order chi connectivity index (χ1) is 13.9.